The van der Waals surface area contributed by atoms with E-state index in [9.17, 15) is 22.4 Å². The maximum Gasteiger partial charge on any atom is 0.270 e. The molecule has 0 spiro atoms. The number of rotatable bonds is 5. The van der Waals surface area contributed by atoms with E-state index in [2.05, 4.69) is 15.6 Å². The highest BCUT2D eigenvalue weighted by atomic mass is 19.2. The first-order chi connectivity index (χ1) is 13.0. The monoisotopic (exact) mass is 375 g/mol. The van der Waals surface area contributed by atoms with Crippen molar-refractivity contribution in [1.29, 1.82) is 0 Å². The topological polar surface area (TPSA) is 54.0 Å². The largest absolute Gasteiger partial charge is 0.353 e. The zero-order chi connectivity index (χ0) is 19.4. The lowest BCUT2D eigenvalue weighted by Crippen LogP contribution is -2.24. The standard InChI is InChI=1S/C19H13F4N3O/c20-13-4-2-1-3-11(13)10-25-19(27)16-9-12(7-8-24-16)26-15-6-5-14(21)17(22)18(15)23/h1-9H,10H2,(H,24,26)(H,25,27). The Morgan fingerprint density at radius 3 is 2.48 bits per heavy atom. The lowest BCUT2D eigenvalue weighted by Gasteiger charge is -2.10. The maximum absolute atomic E-state index is 13.7. The summed E-state index contributed by atoms with van der Waals surface area (Å²) in [4.78, 5) is 16.1. The summed E-state index contributed by atoms with van der Waals surface area (Å²) in [5.41, 5.74) is 0.243. The second-order valence-corrected chi connectivity index (χ2v) is 5.55. The van der Waals surface area contributed by atoms with Crippen molar-refractivity contribution in [1.82, 2.24) is 10.3 Å². The van der Waals surface area contributed by atoms with Crippen LogP contribution in [0.25, 0.3) is 0 Å². The molecule has 8 heteroatoms. The highest BCUT2D eigenvalue weighted by Crippen LogP contribution is 2.23. The fourth-order valence-corrected chi connectivity index (χ4v) is 2.32. The zero-order valence-corrected chi connectivity index (χ0v) is 13.8. The maximum atomic E-state index is 13.7. The van der Waals surface area contributed by atoms with Gasteiger partial charge in [0, 0.05) is 24.0 Å². The molecule has 0 aliphatic rings. The smallest absolute Gasteiger partial charge is 0.270 e. The van der Waals surface area contributed by atoms with Crippen molar-refractivity contribution in [2.24, 2.45) is 0 Å². The summed E-state index contributed by atoms with van der Waals surface area (Å²) in [6.07, 6.45) is 1.29. The quantitative estimate of drug-likeness (QED) is 0.516. The van der Waals surface area contributed by atoms with Gasteiger partial charge in [0.2, 0.25) is 0 Å². The van der Waals surface area contributed by atoms with Crippen molar-refractivity contribution in [2.75, 3.05) is 5.32 Å². The number of carbonyl (C=O) groups is 1. The first-order valence-electron chi connectivity index (χ1n) is 7.84. The number of aromatic nitrogens is 1. The van der Waals surface area contributed by atoms with E-state index in [1.807, 2.05) is 0 Å². The number of anilines is 2. The van der Waals surface area contributed by atoms with Crippen LogP contribution < -0.4 is 10.6 Å². The van der Waals surface area contributed by atoms with Crippen LogP contribution in [0.5, 0.6) is 0 Å². The minimum Gasteiger partial charge on any atom is -0.353 e. The van der Waals surface area contributed by atoms with Crippen molar-refractivity contribution < 1.29 is 22.4 Å². The van der Waals surface area contributed by atoms with E-state index >= 15 is 0 Å². The van der Waals surface area contributed by atoms with Gasteiger partial charge in [-0.1, -0.05) is 18.2 Å². The number of hydrogen-bond donors (Lipinski definition) is 2. The molecule has 0 aliphatic carbocycles. The average molecular weight is 375 g/mol. The average Bonchev–Trinajstić information content (AvgIpc) is 2.68. The van der Waals surface area contributed by atoms with Crippen molar-refractivity contribution in [2.45, 2.75) is 6.54 Å². The van der Waals surface area contributed by atoms with Crippen molar-refractivity contribution in [3.8, 4) is 0 Å². The predicted molar refractivity (Wildman–Crippen MR) is 91.4 cm³/mol. The van der Waals surface area contributed by atoms with Gasteiger partial charge in [-0.15, -0.1) is 0 Å². The number of benzene rings is 2. The Labute approximate surface area is 151 Å². The third-order valence-electron chi connectivity index (χ3n) is 3.70. The van der Waals surface area contributed by atoms with Gasteiger partial charge < -0.3 is 10.6 Å². The van der Waals surface area contributed by atoms with Crippen molar-refractivity contribution in [3.63, 3.8) is 0 Å². The lowest BCUT2D eigenvalue weighted by atomic mass is 10.2. The van der Waals surface area contributed by atoms with E-state index in [1.54, 1.807) is 6.07 Å². The molecule has 0 fully saturated rings. The third-order valence-corrected chi connectivity index (χ3v) is 3.70. The molecule has 1 amide bonds. The number of nitrogens with zero attached hydrogens (tertiary/aromatic N) is 1. The Kier molecular flexibility index (Phi) is 5.35. The number of pyridine rings is 1. The Morgan fingerprint density at radius 2 is 1.70 bits per heavy atom. The molecular formula is C19H13F4N3O. The van der Waals surface area contributed by atoms with Crippen LogP contribution in [0.1, 0.15) is 16.1 Å². The number of hydrogen-bond acceptors (Lipinski definition) is 3. The number of nitrogens with one attached hydrogen (secondary N) is 2. The van der Waals surface area contributed by atoms with E-state index in [4.69, 9.17) is 0 Å². The van der Waals surface area contributed by atoms with Crippen molar-refractivity contribution >= 4 is 17.3 Å². The fraction of sp³-hybridized carbons (Fsp3) is 0.0526. The summed E-state index contributed by atoms with van der Waals surface area (Å²) in [5, 5.41) is 5.08. The van der Waals surface area contributed by atoms with Gasteiger partial charge in [-0.2, -0.15) is 0 Å². The molecule has 2 aromatic carbocycles. The Hall–Kier alpha value is -3.42. The second-order valence-electron chi connectivity index (χ2n) is 5.55. The Morgan fingerprint density at radius 1 is 0.926 bits per heavy atom. The van der Waals surface area contributed by atoms with E-state index in [0.29, 0.717) is 5.56 Å². The molecule has 0 aliphatic heterocycles. The van der Waals surface area contributed by atoms with E-state index in [1.165, 1.54) is 36.5 Å². The predicted octanol–water partition coefficient (Wildman–Crippen LogP) is 4.31. The van der Waals surface area contributed by atoms with Crippen molar-refractivity contribution in [3.05, 3.63) is 89.3 Å². The van der Waals surface area contributed by atoms with Crippen LogP contribution in [-0.4, -0.2) is 10.9 Å². The van der Waals surface area contributed by atoms with Crippen LogP contribution in [0.15, 0.2) is 54.7 Å². The van der Waals surface area contributed by atoms with Crippen LogP contribution >= 0.6 is 0 Å². The SMILES string of the molecule is O=C(NCc1ccccc1F)c1cc(Nc2ccc(F)c(F)c2F)ccn1. The van der Waals surface area contributed by atoms with Gasteiger partial charge in [-0.3, -0.25) is 9.78 Å². The fourth-order valence-electron chi connectivity index (χ4n) is 2.32. The minimum absolute atomic E-state index is 0.0145. The lowest BCUT2D eigenvalue weighted by molar-refractivity contribution is 0.0945. The molecule has 3 rings (SSSR count). The highest BCUT2D eigenvalue weighted by Gasteiger charge is 2.14. The first kappa shape index (κ1) is 18.4. The van der Waals surface area contributed by atoms with Crippen LogP contribution in [-0.2, 0) is 6.54 Å². The number of carbonyl (C=O) groups excluding carboxylic acids is 1. The molecule has 27 heavy (non-hydrogen) atoms. The highest BCUT2D eigenvalue weighted by molar-refractivity contribution is 5.93. The summed E-state index contributed by atoms with van der Waals surface area (Å²) < 4.78 is 53.6. The summed E-state index contributed by atoms with van der Waals surface area (Å²) >= 11 is 0. The molecule has 0 saturated carbocycles. The Balaban J connectivity index is 1.73. The van der Waals surface area contributed by atoms with Crippen LogP contribution in [0, 0.1) is 23.3 Å². The summed E-state index contributed by atoms with van der Waals surface area (Å²) in [6, 6.07) is 10.5. The van der Waals surface area contributed by atoms with E-state index in [0.717, 1.165) is 12.1 Å². The van der Waals surface area contributed by atoms with Gasteiger partial charge >= 0.3 is 0 Å². The molecule has 138 valence electrons. The van der Waals surface area contributed by atoms with Crippen LogP contribution in [0.2, 0.25) is 0 Å². The van der Waals surface area contributed by atoms with Crippen LogP contribution in [0.3, 0.4) is 0 Å². The van der Waals surface area contributed by atoms with Gasteiger partial charge in [0.1, 0.15) is 11.5 Å². The van der Waals surface area contributed by atoms with Crippen LogP contribution in [0.4, 0.5) is 28.9 Å². The molecule has 0 unspecified atom stereocenters. The molecule has 0 bridgehead atoms. The van der Waals surface area contributed by atoms with Gasteiger partial charge in [-0.05, 0) is 30.3 Å². The zero-order valence-electron chi connectivity index (χ0n) is 13.8. The van der Waals surface area contributed by atoms with Gasteiger partial charge in [0.15, 0.2) is 17.5 Å². The van der Waals surface area contributed by atoms with Gasteiger partial charge in [-0.25, -0.2) is 17.6 Å². The molecule has 2 N–H and O–H groups in total. The summed E-state index contributed by atoms with van der Waals surface area (Å²) in [5.74, 6) is -5.31. The second kappa shape index (κ2) is 7.86. The van der Waals surface area contributed by atoms with E-state index < -0.39 is 29.2 Å². The van der Waals surface area contributed by atoms with E-state index in [-0.39, 0.29) is 23.6 Å². The third kappa shape index (κ3) is 4.22. The first-order valence-corrected chi connectivity index (χ1v) is 7.84. The normalized spacial score (nSPS) is 10.5. The minimum atomic E-state index is -1.60. The molecular weight excluding hydrogens is 362 g/mol. The number of halogens is 4. The molecule has 4 nitrogen and oxygen atoms in total. The Bertz CT molecular complexity index is 994. The van der Waals surface area contributed by atoms with Gasteiger partial charge in [0.25, 0.3) is 5.91 Å². The molecule has 1 aromatic heterocycles. The molecule has 1 heterocycles. The van der Waals surface area contributed by atoms with Gasteiger partial charge in [0.05, 0.1) is 5.69 Å². The molecule has 3 aromatic rings. The number of amides is 1. The molecule has 0 radical (unpaired) electrons. The summed E-state index contributed by atoms with van der Waals surface area (Å²) in [7, 11) is 0. The molecule has 0 saturated heterocycles. The molecule has 0 atom stereocenters. The summed E-state index contributed by atoms with van der Waals surface area (Å²) in [6.45, 7) is -0.0390.